The second kappa shape index (κ2) is 3.84. The molecule has 0 spiro atoms. The van der Waals surface area contributed by atoms with E-state index in [-0.39, 0.29) is 5.92 Å². The molecule has 0 amide bonds. The van der Waals surface area contributed by atoms with Gasteiger partial charge in [0, 0.05) is 12.5 Å². The molecule has 1 aliphatic rings. The molecule has 0 unspecified atom stereocenters. The van der Waals surface area contributed by atoms with Crippen LogP contribution >= 0.6 is 0 Å². The van der Waals surface area contributed by atoms with E-state index in [1.54, 1.807) is 0 Å². The van der Waals surface area contributed by atoms with Crippen LogP contribution in [0.4, 0.5) is 13.2 Å². The minimum Gasteiger partial charge on any atom is -0.338 e. The number of H-pyrrole nitrogens is 1. The van der Waals surface area contributed by atoms with Gasteiger partial charge in [0.05, 0.1) is 6.20 Å². The van der Waals surface area contributed by atoms with Gasteiger partial charge in [0.15, 0.2) is 0 Å². The van der Waals surface area contributed by atoms with E-state index in [0.717, 1.165) is 25.6 Å². The number of aromatic amines is 1. The van der Waals surface area contributed by atoms with Crippen molar-refractivity contribution in [2.75, 3.05) is 13.1 Å². The Balaban J connectivity index is 2.12. The van der Waals surface area contributed by atoms with E-state index >= 15 is 0 Å². The zero-order chi connectivity index (χ0) is 10.9. The van der Waals surface area contributed by atoms with Crippen LogP contribution in [0.2, 0.25) is 0 Å². The molecule has 2 N–H and O–H groups in total. The van der Waals surface area contributed by atoms with Crippen LogP contribution in [0.1, 0.15) is 30.3 Å². The molecule has 84 valence electrons. The number of piperidine rings is 1. The Morgan fingerprint density at radius 1 is 1.40 bits per heavy atom. The zero-order valence-corrected chi connectivity index (χ0v) is 8.06. The van der Waals surface area contributed by atoms with Gasteiger partial charge in [-0.1, -0.05) is 0 Å². The number of hydrogen-bond donors (Lipinski definition) is 2. The highest BCUT2D eigenvalue weighted by Gasteiger charge is 2.33. The molecule has 0 aliphatic carbocycles. The molecule has 3 nitrogen and oxygen atoms in total. The molecule has 1 aliphatic heterocycles. The van der Waals surface area contributed by atoms with Crippen LogP contribution in [0.5, 0.6) is 0 Å². The summed E-state index contributed by atoms with van der Waals surface area (Å²) in [5.41, 5.74) is -0.761. The number of alkyl halides is 3. The highest BCUT2D eigenvalue weighted by molar-refractivity contribution is 5.09. The summed E-state index contributed by atoms with van der Waals surface area (Å²) in [6.45, 7) is 1.63. The molecule has 2 rings (SSSR count). The van der Waals surface area contributed by atoms with Gasteiger partial charge in [-0.2, -0.15) is 13.2 Å². The Morgan fingerprint density at radius 3 is 2.73 bits per heavy atom. The molecule has 15 heavy (non-hydrogen) atoms. The highest BCUT2D eigenvalue weighted by atomic mass is 19.4. The van der Waals surface area contributed by atoms with Crippen molar-refractivity contribution in [2.24, 2.45) is 0 Å². The Hall–Kier alpha value is -1.04. The lowest BCUT2D eigenvalue weighted by molar-refractivity contribution is -0.141. The molecule has 2 heterocycles. The maximum Gasteiger partial charge on any atom is 0.432 e. The van der Waals surface area contributed by atoms with Crippen LogP contribution in [-0.2, 0) is 6.18 Å². The number of imidazole rings is 1. The first-order chi connectivity index (χ1) is 7.07. The Bertz CT molecular complexity index is 326. The minimum absolute atomic E-state index is 0.0786. The van der Waals surface area contributed by atoms with E-state index in [1.165, 1.54) is 0 Å². The second-order valence-electron chi connectivity index (χ2n) is 3.72. The molecule has 1 atom stereocenters. The Kier molecular flexibility index (Phi) is 2.68. The molecule has 1 aromatic rings. The van der Waals surface area contributed by atoms with Gasteiger partial charge in [-0.3, -0.25) is 0 Å². The number of aromatic nitrogens is 2. The fraction of sp³-hybridized carbons (Fsp3) is 0.667. The number of nitrogens with zero attached hydrogens (tertiary/aromatic N) is 1. The van der Waals surface area contributed by atoms with Crippen LogP contribution in [0, 0.1) is 0 Å². The lowest BCUT2D eigenvalue weighted by Gasteiger charge is -2.20. The number of nitrogens with one attached hydrogen (secondary N) is 2. The first-order valence-electron chi connectivity index (χ1n) is 4.90. The number of hydrogen-bond acceptors (Lipinski definition) is 2. The van der Waals surface area contributed by atoms with Crippen LogP contribution in [0.3, 0.4) is 0 Å². The summed E-state index contributed by atoms with van der Waals surface area (Å²) >= 11 is 0. The van der Waals surface area contributed by atoms with E-state index in [4.69, 9.17) is 0 Å². The van der Waals surface area contributed by atoms with E-state index in [1.807, 2.05) is 0 Å². The summed E-state index contributed by atoms with van der Waals surface area (Å²) in [6.07, 6.45) is -1.60. The molecule has 0 radical (unpaired) electrons. The maximum atomic E-state index is 12.3. The van der Waals surface area contributed by atoms with Gasteiger partial charge in [0.25, 0.3) is 0 Å². The van der Waals surface area contributed by atoms with Crippen molar-refractivity contribution in [1.82, 2.24) is 15.3 Å². The third kappa shape index (κ3) is 2.31. The lowest BCUT2D eigenvalue weighted by atomic mass is 9.99. The van der Waals surface area contributed by atoms with Crippen molar-refractivity contribution in [1.29, 1.82) is 0 Å². The molecule has 6 heteroatoms. The topological polar surface area (TPSA) is 40.7 Å². The van der Waals surface area contributed by atoms with Gasteiger partial charge in [-0.15, -0.1) is 0 Å². The normalized spacial score (nSPS) is 23.0. The first-order valence-corrected chi connectivity index (χ1v) is 4.90. The average Bonchev–Trinajstić information content (AvgIpc) is 2.67. The summed E-state index contributed by atoms with van der Waals surface area (Å²) in [5.74, 6) is 0.518. The second-order valence-corrected chi connectivity index (χ2v) is 3.72. The molecule has 1 saturated heterocycles. The smallest absolute Gasteiger partial charge is 0.338 e. The van der Waals surface area contributed by atoms with E-state index in [2.05, 4.69) is 15.3 Å². The summed E-state index contributed by atoms with van der Waals surface area (Å²) < 4.78 is 36.8. The van der Waals surface area contributed by atoms with Crippen molar-refractivity contribution < 1.29 is 13.2 Å². The van der Waals surface area contributed by atoms with Crippen LogP contribution in [0.25, 0.3) is 0 Å². The Labute approximate surface area is 85.1 Å². The fourth-order valence-electron chi connectivity index (χ4n) is 1.77. The minimum atomic E-state index is -4.33. The van der Waals surface area contributed by atoms with Gasteiger partial charge in [0.1, 0.15) is 11.5 Å². The van der Waals surface area contributed by atoms with Crippen molar-refractivity contribution in [3.8, 4) is 0 Å². The van der Waals surface area contributed by atoms with E-state index in [0.29, 0.717) is 12.4 Å². The van der Waals surface area contributed by atoms with Gasteiger partial charge in [-0.25, -0.2) is 4.98 Å². The summed E-state index contributed by atoms with van der Waals surface area (Å²) in [4.78, 5) is 6.14. The molecule has 1 fully saturated rings. The Morgan fingerprint density at radius 2 is 2.20 bits per heavy atom. The van der Waals surface area contributed by atoms with Gasteiger partial charge in [0.2, 0.25) is 0 Å². The van der Waals surface area contributed by atoms with Crippen LogP contribution in [0.15, 0.2) is 6.20 Å². The zero-order valence-electron chi connectivity index (χ0n) is 8.06. The van der Waals surface area contributed by atoms with Gasteiger partial charge >= 0.3 is 6.18 Å². The molecular formula is C9H12F3N3. The largest absolute Gasteiger partial charge is 0.432 e. The number of rotatable bonds is 1. The highest BCUT2D eigenvalue weighted by Crippen LogP contribution is 2.29. The van der Waals surface area contributed by atoms with Gasteiger partial charge in [-0.05, 0) is 19.4 Å². The maximum absolute atomic E-state index is 12.3. The van der Waals surface area contributed by atoms with Crippen molar-refractivity contribution in [2.45, 2.75) is 24.9 Å². The third-order valence-electron chi connectivity index (χ3n) is 2.58. The quantitative estimate of drug-likeness (QED) is 0.757. The summed E-state index contributed by atoms with van der Waals surface area (Å²) in [5, 5.41) is 3.14. The van der Waals surface area contributed by atoms with Gasteiger partial charge < -0.3 is 10.3 Å². The van der Waals surface area contributed by atoms with Crippen LogP contribution < -0.4 is 5.32 Å². The van der Waals surface area contributed by atoms with Crippen molar-refractivity contribution in [3.63, 3.8) is 0 Å². The lowest BCUT2D eigenvalue weighted by Crippen LogP contribution is -2.29. The van der Waals surface area contributed by atoms with Crippen molar-refractivity contribution in [3.05, 3.63) is 17.7 Å². The molecule has 0 aromatic carbocycles. The van der Waals surface area contributed by atoms with Crippen LogP contribution in [-0.4, -0.2) is 23.1 Å². The molecule has 0 saturated carbocycles. The number of halogens is 3. The van der Waals surface area contributed by atoms with E-state index in [9.17, 15) is 13.2 Å². The predicted molar refractivity (Wildman–Crippen MR) is 48.4 cm³/mol. The SMILES string of the molecule is FC(F)(F)c1cnc([C@@H]2CCCNC2)[nH]1. The third-order valence-corrected chi connectivity index (χ3v) is 2.58. The van der Waals surface area contributed by atoms with Crippen molar-refractivity contribution >= 4 is 0 Å². The van der Waals surface area contributed by atoms with E-state index < -0.39 is 11.9 Å². The predicted octanol–water partition coefficient (Wildman–Crippen LogP) is 1.90. The standard InChI is InChI=1S/C9H12F3N3/c10-9(11,12)7-5-14-8(15-7)6-2-1-3-13-4-6/h5-6,13H,1-4H2,(H,14,15)/t6-/m1/s1. The fourth-order valence-corrected chi connectivity index (χ4v) is 1.77. The molecular weight excluding hydrogens is 207 g/mol. The first kappa shape index (κ1) is 10.5. The molecule has 1 aromatic heterocycles. The average molecular weight is 219 g/mol. The summed E-state index contributed by atoms with van der Waals surface area (Å²) in [6, 6.07) is 0. The molecule has 0 bridgehead atoms. The summed E-state index contributed by atoms with van der Waals surface area (Å²) in [7, 11) is 0. The monoisotopic (exact) mass is 219 g/mol.